The van der Waals surface area contributed by atoms with Crippen LogP contribution in [-0.2, 0) is 10.3 Å². The molecule has 0 bridgehead atoms. The second kappa shape index (κ2) is 6.97. The van der Waals surface area contributed by atoms with Crippen molar-refractivity contribution in [2.45, 2.75) is 44.9 Å². The van der Waals surface area contributed by atoms with Crippen molar-refractivity contribution >= 4 is 0 Å². The standard InChI is InChI=1S/C15H21F3O2/c1-4-5-10-20-13-8-6-12(7-9-13)14(2,19-3)11-15(16,17)18/h6-9H,4-5,10-11H2,1-3H3. The van der Waals surface area contributed by atoms with Crippen LogP contribution in [0.3, 0.4) is 0 Å². The Balaban J connectivity index is 2.79. The van der Waals surface area contributed by atoms with E-state index in [1.807, 2.05) is 0 Å². The van der Waals surface area contributed by atoms with Crippen LogP contribution in [0.2, 0.25) is 0 Å². The summed E-state index contributed by atoms with van der Waals surface area (Å²) in [4.78, 5) is 0. The van der Waals surface area contributed by atoms with Crippen molar-refractivity contribution in [2.75, 3.05) is 13.7 Å². The van der Waals surface area contributed by atoms with Crippen molar-refractivity contribution in [3.63, 3.8) is 0 Å². The quantitative estimate of drug-likeness (QED) is 0.679. The van der Waals surface area contributed by atoms with Gasteiger partial charge in [-0.05, 0) is 31.0 Å². The lowest BCUT2D eigenvalue weighted by Gasteiger charge is -2.29. The molecule has 1 rings (SSSR count). The van der Waals surface area contributed by atoms with Crippen LogP contribution < -0.4 is 4.74 Å². The van der Waals surface area contributed by atoms with Crippen molar-refractivity contribution in [3.8, 4) is 5.75 Å². The molecule has 0 aliphatic carbocycles. The fourth-order valence-corrected chi connectivity index (χ4v) is 1.91. The molecule has 114 valence electrons. The van der Waals surface area contributed by atoms with E-state index >= 15 is 0 Å². The van der Waals surface area contributed by atoms with E-state index in [1.54, 1.807) is 24.3 Å². The minimum atomic E-state index is -4.28. The van der Waals surface area contributed by atoms with E-state index in [0.29, 0.717) is 17.9 Å². The fourth-order valence-electron chi connectivity index (χ4n) is 1.91. The van der Waals surface area contributed by atoms with Gasteiger partial charge >= 0.3 is 6.18 Å². The molecule has 0 saturated heterocycles. The number of unbranched alkanes of at least 4 members (excludes halogenated alkanes) is 1. The highest BCUT2D eigenvalue weighted by molar-refractivity contribution is 5.31. The van der Waals surface area contributed by atoms with E-state index in [2.05, 4.69) is 6.92 Å². The fraction of sp³-hybridized carbons (Fsp3) is 0.600. The third-order valence-electron chi connectivity index (χ3n) is 3.22. The van der Waals surface area contributed by atoms with Gasteiger partial charge in [0.25, 0.3) is 0 Å². The third-order valence-corrected chi connectivity index (χ3v) is 3.22. The number of methoxy groups -OCH3 is 1. The van der Waals surface area contributed by atoms with Crippen LogP contribution in [0.1, 0.15) is 38.7 Å². The lowest BCUT2D eigenvalue weighted by molar-refractivity contribution is -0.181. The molecule has 1 atom stereocenters. The Labute approximate surface area is 117 Å². The topological polar surface area (TPSA) is 18.5 Å². The van der Waals surface area contributed by atoms with Crippen LogP contribution in [-0.4, -0.2) is 19.9 Å². The Hall–Kier alpha value is -1.23. The summed E-state index contributed by atoms with van der Waals surface area (Å²) >= 11 is 0. The second-order valence-corrected chi connectivity index (χ2v) is 4.95. The lowest BCUT2D eigenvalue weighted by atomic mass is 9.92. The highest BCUT2D eigenvalue weighted by Gasteiger charge is 2.40. The van der Waals surface area contributed by atoms with E-state index < -0.39 is 18.2 Å². The molecule has 0 fully saturated rings. The number of rotatable bonds is 7. The highest BCUT2D eigenvalue weighted by atomic mass is 19.4. The molecule has 1 aromatic rings. The van der Waals surface area contributed by atoms with E-state index in [1.165, 1.54) is 14.0 Å². The molecule has 5 heteroatoms. The van der Waals surface area contributed by atoms with Crippen LogP contribution in [0.15, 0.2) is 24.3 Å². The first-order chi connectivity index (χ1) is 9.30. The normalized spacial score (nSPS) is 14.9. The van der Waals surface area contributed by atoms with Gasteiger partial charge in [0.15, 0.2) is 0 Å². The summed E-state index contributed by atoms with van der Waals surface area (Å²) < 4.78 is 48.4. The van der Waals surface area contributed by atoms with Crippen molar-refractivity contribution < 1.29 is 22.6 Å². The van der Waals surface area contributed by atoms with Gasteiger partial charge in [-0.15, -0.1) is 0 Å². The number of halogens is 3. The van der Waals surface area contributed by atoms with Crippen LogP contribution in [0.5, 0.6) is 5.75 Å². The molecule has 0 N–H and O–H groups in total. The van der Waals surface area contributed by atoms with Crippen LogP contribution in [0.4, 0.5) is 13.2 Å². The van der Waals surface area contributed by atoms with Gasteiger partial charge in [0.2, 0.25) is 0 Å². The van der Waals surface area contributed by atoms with E-state index in [0.717, 1.165) is 12.8 Å². The third kappa shape index (κ3) is 5.04. The molecule has 1 unspecified atom stereocenters. The predicted octanol–water partition coefficient (Wildman–Crippen LogP) is 4.68. The Morgan fingerprint density at radius 3 is 2.15 bits per heavy atom. The molecule has 0 radical (unpaired) electrons. The number of hydrogen-bond acceptors (Lipinski definition) is 2. The van der Waals surface area contributed by atoms with Crippen LogP contribution in [0.25, 0.3) is 0 Å². The van der Waals surface area contributed by atoms with Crippen LogP contribution in [0, 0.1) is 0 Å². The smallest absolute Gasteiger partial charge is 0.392 e. The van der Waals surface area contributed by atoms with Gasteiger partial charge in [-0.3, -0.25) is 0 Å². The number of benzene rings is 1. The molecule has 0 saturated carbocycles. The first-order valence-electron chi connectivity index (χ1n) is 6.66. The zero-order valence-corrected chi connectivity index (χ0v) is 12.1. The minimum absolute atomic E-state index is 0.486. The van der Waals surface area contributed by atoms with Gasteiger partial charge in [0.05, 0.1) is 18.6 Å². The van der Waals surface area contributed by atoms with Gasteiger partial charge in [-0.1, -0.05) is 25.5 Å². The van der Waals surface area contributed by atoms with Crippen molar-refractivity contribution in [1.29, 1.82) is 0 Å². The van der Waals surface area contributed by atoms with E-state index in [-0.39, 0.29) is 0 Å². The summed E-state index contributed by atoms with van der Waals surface area (Å²) in [5.74, 6) is 0.660. The summed E-state index contributed by atoms with van der Waals surface area (Å²) in [6.07, 6.45) is -3.31. The summed E-state index contributed by atoms with van der Waals surface area (Å²) in [7, 11) is 1.29. The average Bonchev–Trinajstić information content (AvgIpc) is 2.38. The molecule has 0 heterocycles. The second-order valence-electron chi connectivity index (χ2n) is 4.95. The Bertz CT molecular complexity index is 401. The van der Waals surface area contributed by atoms with Gasteiger partial charge in [0, 0.05) is 7.11 Å². The van der Waals surface area contributed by atoms with Gasteiger partial charge in [-0.2, -0.15) is 13.2 Å². The first-order valence-corrected chi connectivity index (χ1v) is 6.66. The summed E-state index contributed by atoms with van der Waals surface area (Å²) in [6.45, 7) is 4.11. The highest BCUT2D eigenvalue weighted by Crippen LogP contribution is 2.37. The number of ether oxygens (including phenoxy) is 2. The van der Waals surface area contributed by atoms with E-state index in [4.69, 9.17) is 9.47 Å². The van der Waals surface area contributed by atoms with Crippen molar-refractivity contribution in [1.82, 2.24) is 0 Å². The number of alkyl halides is 3. The van der Waals surface area contributed by atoms with Gasteiger partial charge in [-0.25, -0.2) is 0 Å². The molecule has 0 aromatic heterocycles. The maximum absolute atomic E-state index is 12.6. The first kappa shape index (κ1) is 16.8. The lowest BCUT2D eigenvalue weighted by Crippen LogP contribution is -2.31. The molecular weight excluding hydrogens is 269 g/mol. The molecule has 0 spiro atoms. The van der Waals surface area contributed by atoms with Crippen LogP contribution >= 0.6 is 0 Å². The predicted molar refractivity (Wildman–Crippen MR) is 71.9 cm³/mol. The molecule has 0 amide bonds. The van der Waals surface area contributed by atoms with Crippen molar-refractivity contribution in [2.24, 2.45) is 0 Å². The number of hydrogen-bond donors (Lipinski definition) is 0. The average molecular weight is 290 g/mol. The Morgan fingerprint density at radius 1 is 1.10 bits per heavy atom. The SMILES string of the molecule is CCCCOc1ccc(C(C)(CC(F)(F)F)OC)cc1. The molecular formula is C15H21F3O2. The maximum Gasteiger partial charge on any atom is 0.392 e. The molecule has 20 heavy (non-hydrogen) atoms. The zero-order valence-electron chi connectivity index (χ0n) is 12.1. The Kier molecular flexibility index (Phi) is 5.87. The van der Waals surface area contributed by atoms with E-state index in [9.17, 15) is 13.2 Å². The Morgan fingerprint density at radius 2 is 1.70 bits per heavy atom. The maximum atomic E-state index is 12.6. The summed E-state index contributed by atoms with van der Waals surface area (Å²) in [5, 5.41) is 0. The van der Waals surface area contributed by atoms with Gasteiger partial charge < -0.3 is 9.47 Å². The molecule has 1 aromatic carbocycles. The van der Waals surface area contributed by atoms with Crippen molar-refractivity contribution in [3.05, 3.63) is 29.8 Å². The summed E-state index contributed by atoms with van der Waals surface area (Å²) in [6, 6.07) is 6.60. The zero-order chi connectivity index (χ0) is 15.2. The summed E-state index contributed by atoms with van der Waals surface area (Å²) in [5.41, 5.74) is -0.889. The van der Waals surface area contributed by atoms with Gasteiger partial charge in [0.1, 0.15) is 5.75 Å². The molecule has 0 aliphatic rings. The minimum Gasteiger partial charge on any atom is -0.494 e. The largest absolute Gasteiger partial charge is 0.494 e. The monoisotopic (exact) mass is 290 g/mol. The molecule has 2 nitrogen and oxygen atoms in total. The molecule has 0 aliphatic heterocycles.